The molecule has 0 spiro atoms. The van der Waals surface area contributed by atoms with E-state index in [4.69, 9.17) is 4.74 Å². The van der Waals surface area contributed by atoms with Crippen LogP contribution < -0.4 is 26.0 Å². The van der Waals surface area contributed by atoms with Crippen LogP contribution in [-0.2, 0) is 22.7 Å². The SMILES string of the molecule is CCCCc1cc(-c2ccccc2)cc(-c2ccccc2)c1N1c2cc(-n3c4ccccc4c4cc(C(C)(C)C)ccc43)ccc2B2c3ccc(-n4c5ccccc5c5cc(C(C)(C)C)ccc54)cc3Oc3cc(C(C)(C)C)cc1c32. The molecule has 0 saturated carbocycles. The summed E-state index contributed by atoms with van der Waals surface area (Å²) in [5.41, 5.74) is 24.1. The monoisotopic (exact) mass is 1050 g/mol. The van der Waals surface area contributed by atoms with Crippen LogP contribution in [0.3, 0.4) is 0 Å². The third-order valence-corrected chi connectivity index (χ3v) is 17.6. The molecular weight excluding hydrogens is 982 g/mol. The molecule has 4 heterocycles. The van der Waals surface area contributed by atoms with E-state index in [1.807, 2.05) is 0 Å². The number of fused-ring (bicyclic) bond motifs is 10. The highest BCUT2D eigenvalue weighted by atomic mass is 16.5. The number of rotatable bonds is 8. The number of nitrogens with zero attached hydrogens (tertiary/aromatic N) is 3. The summed E-state index contributed by atoms with van der Waals surface area (Å²) in [5, 5.41) is 5.05. The molecule has 0 amide bonds. The lowest BCUT2D eigenvalue weighted by Gasteiger charge is -2.42. The average Bonchev–Trinajstić information content (AvgIpc) is 3.99. The molecule has 10 aromatic carbocycles. The predicted molar refractivity (Wildman–Crippen MR) is 347 cm³/mol. The molecule has 0 radical (unpaired) electrons. The van der Waals surface area contributed by atoms with Gasteiger partial charge in [-0.1, -0.05) is 197 Å². The third kappa shape index (κ3) is 8.33. The molecule has 81 heavy (non-hydrogen) atoms. The van der Waals surface area contributed by atoms with Crippen molar-refractivity contribution < 1.29 is 4.74 Å². The van der Waals surface area contributed by atoms with Crippen molar-refractivity contribution in [1.29, 1.82) is 0 Å². The molecule has 0 unspecified atom stereocenters. The van der Waals surface area contributed by atoms with Crippen LogP contribution in [0.5, 0.6) is 11.5 Å². The minimum absolute atomic E-state index is 0.00421. The van der Waals surface area contributed by atoms with Gasteiger partial charge < -0.3 is 18.8 Å². The van der Waals surface area contributed by atoms with Crippen LogP contribution >= 0.6 is 0 Å². The smallest absolute Gasteiger partial charge is 0.256 e. The largest absolute Gasteiger partial charge is 0.458 e. The Bertz CT molecular complexity index is 4480. The maximum Gasteiger partial charge on any atom is 0.256 e. The van der Waals surface area contributed by atoms with Crippen LogP contribution in [0.2, 0.25) is 0 Å². The topological polar surface area (TPSA) is 22.3 Å². The molecule has 2 aliphatic rings. The number of aromatic nitrogens is 2. The zero-order valence-corrected chi connectivity index (χ0v) is 48.6. The predicted octanol–water partition coefficient (Wildman–Crippen LogP) is 18.9. The van der Waals surface area contributed by atoms with Crippen LogP contribution in [0.15, 0.2) is 206 Å². The lowest BCUT2D eigenvalue weighted by molar-refractivity contribution is 0.483. The number of benzene rings is 10. The Balaban J connectivity index is 1.07. The van der Waals surface area contributed by atoms with Crippen LogP contribution in [0.25, 0.3) is 77.2 Å². The average molecular weight is 1050 g/mol. The minimum atomic E-state index is -0.200. The van der Waals surface area contributed by atoms with Crippen molar-refractivity contribution in [2.24, 2.45) is 0 Å². The van der Waals surface area contributed by atoms with Crippen molar-refractivity contribution in [2.45, 2.75) is 105 Å². The van der Waals surface area contributed by atoms with Gasteiger partial charge in [-0.2, -0.15) is 0 Å². The van der Waals surface area contributed by atoms with Gasteiger partial charge in [0.25, 0.3) is 6.71 Å². The first-order chi connectivity index (χ1) is 39.0. The van der Waals surface area contributed by atoms with Crippen LogP contribution in [0, 0.1) is 0 Å². The highest BCUT2D eigenvalue weighted by molar-refractivity contribution is 6.99. The highest BCUT2D eigenvalue weighted by Gasteiger charge is 2.44. The van der Waals surface area contributed by atoms with Gasteiger partial charge in [-0.3, -0.25) is 0 Å². The number of aryl methyl sites for hydroxylation is 1. The fourth-order valence-electron chi connectivity index (χ4n) is 13.3. The molecular formula is C76H70BN3O. The van der Waals surface area contributed by atoms with E-state index in [2.05, 4.69) is 290 Å². The Morgan fingerprint density at radius 1 is 0.407 bits per heavy atom. The van der Waals surface area contributed by atoms with Gasteiger partial charge in [0, 0.05) is 55.9 Å². The number of para-hydroxylation sites is 2. The fraction of sp³-hybridized carbons (Fsp3) is 0.211. The van der Waals surface area contributed by atoms with Crippen LogP contribution in [-0.4, -0.2) is 15.8 Å². The molecule has 4 nitrogen and oxygen atoms in total. The van der Waals surface area contributed by atoms with Gasteiger partial charge in [-0.05, 0) is 163 Å². The Kier molecular flexibility index (Phi) is 11.7. The minimum Gasteiger partial charge on any atom is -0.458 e. The maximum absolute atomic E-state index is 7.54. The number of unbranched alkanes of at least 4 members (excludes halogenated alkanes) is 1. The first kappa shape index (κ1) is 50.7. The van der Waals surface area contributed by atoms with E-state index < -0.39 is 0 Å². The molecule has 0 bridgehead atoms. The number of hydrogen-bond donors (Lipinski definition) is 0. The summed E-state index contributed by atoms with van der Waals surface area (Å²) in [6, 6.07) is 78.2. The third-order valence-electron chi connectivity index (χ3n) is 17.6. The summed E-state index contributed by atoms with van der Waals surface area (Å²) in [7, 11) is 0. The van der Waals surface area contributed by atoms with Gasteiger partial charge in [0.2, 0.25) is 0 Å². The van der Waals surface area contributed by atoms with E-state index in [0.29, 0.717) is 0 Å². The number of anilines is 3. The van der Waals surface area contributed by atoms with Crippen molar-refractivity contribution in [3.05, 3.63) is 229 Å². The quantitative estimate of drug-likeness (QED) is 0.142. The molecule has 0 atom stereocenters. The van der Waals surface area contributed by atoms with Gasteiger partial charge in [0.05, 0.1) is 27.8 Å². The summed E-state index contributed by atoms with van der Waals surface area (Å²) in [5.74, 6) is 1.80. The van der Waals surface area contributed by atoms with Crippen molar-refractivity contribution >= 4 is 83.8 Å². The lowest BCUT2D eigenvalue weighted by Crippen LogP contribution is -2.59. The Hall–Kier alpha value is -8.54. The van der Waals surface area contributed by atoms with Crippen molar-refractivity contribution in [1.82, 2.24) is 9.13 Å². The van der Waals surface area contributed by atoms with E-state index >= 15 is 0 Å². The van der Waals surface area contributed by atoms with E-state index in [0.717, 1.165) is 42.1 Å². The molecule has 398 valence electrons. The molecule has 0 aliphatic carbocycles. The van der Waals surface area contributed by atoms with E-state index in [9.17, 15) is 0 Å². The van der Waals surface area contributed by atoms with E-state index in [1.165, 1.54) is 122 Å². The van der Waals surface area contributed by atoms with E-state index in [-0.39, 0.29) is 23.0 Å². The number of hydrogen-bond acceptors (Lipinski definition) is 2. The second-order valence-corrected chi connectivity index (χ2v) is 26.0. The second-order valence-electron chi connectivity index (χ2n) is 26.0. The summed E-state index contributed by atoms with van der Waals surface area (Å²) >= 11 is 0. The Morgan fingerprint density at radius 2 is 0.938 bits per heavy atom. The maximum atomic E-state index is 7.54. The van der Waals surface area contributed by atoms with E-state index in [1.54, 1.807) is 0 Å². The first-order valence-electron chi connectivity index (χ1n) is 29.3. The standard InChI is InChI=1S/C76H70BN3O/c1-11-12-23-50-40-51(48-24-15-13-16-25-48)41-59(49-26-17-14-18-27-49)73(50)80-68-46-55(78-64-30-21-19-28-57(64)60-42-52(74(2,3)4)32-38-66(60)78)34-36-62(68)77-63-37-35-56(47-70(63)81-71-45-54(76(8,9)10)44-69(80)72(71)77)79-65-31-22-20-29-58(65)61-43-53(75(5,6)7)33-39-67(61)79/h13-22,24-47H,11-12,23H2,1-10H3. The van der Waals surface area contributed by atoms with Gasteiger partial charge in [0.1, 0.15) is 11.5 Å². The molecule has 0 saturated heterocycles. The Morgan fingerprint density at radius 3 is 1.52 bits per heavy atom. The Labute approximate surface area is 478 Å². The van der Waals surface area contributed by atoms with Crippen molar-refractivity contribution in [3.8, 4) is 45.1 Å². The lowest BCUT2D eigenvalue weighted by atomic mass is 9.34. The van der Waals surface area contributed by atoms with Gasteiger partial charge in [-0.25, -0.2) is 0 Å². The molecule has 2 aromatic heterocycles. The second kappa shape index (κ2) is 18.8. The zero-order valence-electron chi connectivity index (χ0n) is 48.6. The van der Waals surface area contributed by atoms with Crippen LogP contribution in [0.1, 0.15) is 104 Å². The summed E-state index contributed by atoms with van der Waals surface area (Å²) in [6.07, 6.45) is 3.06. The zero-order chi connectivity index (χ0) is 55.7. The molecule has 0 fully saturated rings. The first-order valence-corrected chi connectivity index (χ1v) is 29.3. The molecule has 14 rings (SSSR count). The molecule has 0 N–H and O–H groups in total. The van der Waals surface area contributed by atoms with Gasteiger partial charge >= 0.3 is 0 Å². The molecule has 2 aliphatic heterocycles. The summed E-state index contributed by atoms with van der Waals surface area (Å²) in [4.78, 5) is 2.67. The number of ether oxygens (including phenoxy) is 1. The molecule has 5 heteroatoms. The summed E-state index contributed by atoms with van der Waals surface area (Å²) in [6.45, 7) is 23.0. The normalized spacial score (nSPS) is 13.3. The molecule has 12 aromatic rings. The van der Waals surface area contributed by atoms with Gasteiger partial charge in [0.15, 0.2) is 0 Å². The fourth-order valence-corrected chi connectivity index (χ4v) is 13.3. The van der Waals surface area contributed by atoms with Crippen molar-refractivity contribution in [2.75, 3.05) is 4.90 Å². The van der Waals surface area contributed by atoms with Gasteiger partial charge in [-0.15, -0.1) is 0 Å². The summed E-state index contributed by atoms with van der Waals surface area (Å²) < 4.78 is 12.5. The van der Waals surface area contributed by atoms with Crippen molar-refractivity contribution in [3.63, 3.8) is 0 Å². The highest BCUT2D eigenvalue weighted by Crippen LogP contribution is 2.50. The van der Waals surface area contributed by atoms with Crippen LogP contribution in [0.4, 0.5) is 17.1 Å².